The Balaban J connectivity index is 1.32. The number of hydrogen-bond acceptors (Lipinski definition) is 6. The van der Waals surface area contributed by atoms with E-state index in [1.54, 1.807) is 46.2 Å². The van der Waals surface area contributed by atoms with Crippen molar-refractivity contribution in [1.82, 2.24) is 19.8 Å². The van der Waals surface area contributed by atoms with Gasteiger partial charge in [0.15, 0.2) is 0 Å². The highest BCUT2D eigenvalue weighted by Gasteiger charge is 2.30. The Kier molecular flexibility index (Phi) is 10.8. The van der Waals surface area contributed by atoms with E-state index in [2.05, 4.69) is 14.9 Å². The average molecular weight is 645 g/mol. The highest BCUT2D eigenvalue weighted by molar-refractivity contribution is 5.82. The van der Waals surface area contributed by atoms with E-state index >= 15 is 0 Å². The lowest BCUT2D eigenvalue weighted by Gasteiger charge is -2.34. The van der Waals surface area contributed by atoms with Crippen LogP contribution in [0.2, 0.25) is 0 Å². The molecule has 0 saturated carbocycles. The third kappa shape index (κ3) is 8.88. The van der Waals surface area contributed by atoms with Crippen LogP contribution in [0.5, 0.6) is 5.88 Å². The highest BCUT2D eigenvalue weighted by Crippen LogP contribution is 2.33. The number of carbonyl (C=O) groups excluding carboxylic acids is 2. The summed E-state index contributed by atoms with van der Waals surface area (Å²) in [5, 5.41) is 13.3. The molecular weight excluding hydrogens is 599 g/mol. The van der Waals surface area contributed by atoms with E-state index in [1.807, 2.05) is 47.4 Å². The van der Waals surface area contributed by atoms with Gasteiger partial charge in [0, 0.05) is 75.1 Å². The number of likely N-dealkylation sites (tertiary alicyclic amines) is 1. The first-order chi connectivity index (χ1) is 22.5. The van der Waals surface area contributed by atoms with Gasteiger partial charge in [0.25, 0.3) is 0 Å². The van der Waals surface area contributed by atoms with Crippen molar-refractivity contribution in [3.8, 4) is 17.0 Å². The molecule has 250 valence electrons. The Morgan fingerprint density at radius 2 is 1.89 bits per heavy atom. The number of piperidine rings is 1. The van der Waals surface area contributed by atoms with Gasteiger partial charge in [0.2, 0.25) is 11.8 Å². The van der Waals surface area contributed by atoms with Crippen molar-refractivity contribution in [1.29, 1.82) is 0 Å². The number of amides is 2. The van der Waals surface area contributed by atoms with Crippen molar-refractivity contribution in [2.75, 3.05) is 26.8 Å². The Morgan fingerprint density at radius 3 is 2.62 bits per heavy atom. The summed E-state index contributed by atoms with van der Waals surface area (Å²) in [5.41, 5.74) is 3.90. The zero-order valence-electron chi connectivity index (χ0n) is 27.7. The van der Waals surface area contributed by atoms with E-state index < -0.39 is 17.7 Å². The lowest BCUT2D eigenvalue weighted by molar-refractivity contribution is -0.132. The number of halogens is 1. The highest BCUT2D eigenvalue weighted by atomic mass is 19.1. The summed E-state index contributed by atoms with van der Waals surface area (Å²) in [6.07, 6.45) is 4.04. The Hall–Kier alpha value is -4.44. The van der Waals surface area contributed by atoms with Crippen molar-refractivity contribution in [2.45, 2.75) is 77.0 Å². The molecule has 2 aromatic carbocycles. The number of nitrogens with one attached hydrogen (secondary N) is 1. The molecule has 1 aliphatic heterocycles. The first kappa shape index (κ1) is 33.9. The van der Waals surface area contributed by atoms with Crippen LogP contribution in [-0.4, -0.2) is 70.0 Å². The molecule has 0 aliphatic carbocycles. The zero-order valence-corrected chi connectivity index (χ0v) is 27.7. The van der Waals surface area contributed by atoms with E-state index in [4.69, 9.17) is 9.47 Å². The number of aromatic hydroxyl groups is 1. The summed E-state index contributed by atoms with van der Waals surface area (Å²) < 4.78 is 27.8. The number of rotatable bonds is 11. The van der Waals surface area contributed by atoms with E-state index in [0.717, 1.165) is 47.2 Å². The first-order valence-electron chi connectivity index (χ1n) is 16.3. The predicted octanol–water partition coefficient (Wildman–Crippen LogP) is 6.82. The van der Waals surface area contributed by atoms with Crippen molar-refractivity contribution in [3.63, 3.8) is 0 Å². The number of aryl methyl sites for hydroxylation is 1. The van der Waals surface area contributed by atoms with Gasteiger partial charge in [-0.05, 0) is 87.4 Å². The smallest absolute Gasteiger partial charge is 0.407 e. The second-order valence-electron chi connectivity index (χ2n) is 13.3. The molecule has 0 spiro atoms. The molecular formula is C37H45FN4O5. The molecule has 1 aliphatic rings. The van der Waals surface area contributed by atoms with Crippen LogP contribution in [0, 0.1) is 5.82 Å². The Morgan fingerprint density at radius 1 is 1.11 bits per heavy atom. The predicted molar refractivity (Wildman–Crippen MR) is 180 cm³/mol. The van der Waals surface area contributed by atoms with Crippen molar-refractivity contribution in [2.24, 2.45) is 0 Å². The van der Waals surface area contributed by atoms with E-state index in [0.29, 0.717) is 38.0 Å². The molecule has 1 fully saturated rings. The maximum Gasteiger partial charge on any atom is 0.407 e. The molecule has 5 rings (SSSR count). The number of pyridine rings is 1. The van der Waals surface area contributed by atoms with Crippen LogP contribution >= 0.6 is 0 Å². The number of ether oxygens (including phenoxy) is 2. The summed E-state index contributed by atoms with van der Waals surface area (Å²) in [4.78, 5) is 32.4. The fraction of sp³-hybridized carbons (Fsp3) is 0.432. The monoisotopic (exact) mass is 644 g/mol. The molecule has 47 heavy (non-hydrogen) atoms. The normalized spacial score (nSPS) is 15.9. The minimum Gasteiger partial charge on any atom is -0.493 e. The molecule has 2 aromatic heterocycles. The lowest BCUT2D eigenvalue weighted by atomic mass is 9.93. The maximum atomic E-state index is 14.8. The van der Waals surface area contributed by atoms with Gasteiger partial charge in [-0.1, -0.05) is 30.3 Å². The number of benzene rings is 2. The molecule has 2 N–H and O–H groups in total. The molecule has 10 heteroatoms. The van der Waals surface area contributed by atoms with Gasteiger partial charge in [-0.15, -0.1) is 0 Å². The third-order valence-electron chi connectivity index (χ3n) is 8.50. The van der Waals surface area contributed by atoms with Crippen molar-refractivity contribution in [3.05, 3.63) is 83.9 Å². The van der Waals surface area contributed by atoms with E-state index in [-0.39, 0.29) is 29.9 Å². The van der Waals surface area contributed by atoms with Crippen LogP contribution in [0.1, 0.15) is 63.6 Å². The molecule has 1 unspecified atom stereocenters. The van der Waals surface area contributed by atoms with Gasteiger partial charge in [-0.25, -0.2) is 14.2 Å². The molecule has 4 aromatic rings. The third-order valence-corrected chi connectivity index (χ3v) is 8.50. The molecule has 9 nitrogen and oxygen atoms in total. The van der Waals surface area contributed by atoms with Crippen LogP contribution in [0.25, 0.3) is 22.0 Å². The van der Waals surface area contributed by atoms with Crippen LogP contribution < -0.4 is 5.32 Å². The molecule has 1 saturated heterocycles. The van der Waals surface area contributed by atoms with E-state index in [1.165, 1.54) is 6.07 Å². The van der Waals surface area contributed by atoms with Crippen molar-refractivity contribution < 1.29 is 28.6 Å². The van der Waals surface area contributed by atoms with Gasteiger partial charge >= 0.3 is 6.09 Å². The quantitative estimate of drug-likeness (QED) is 0.174. The maximum absolute atomic E-state index is 14.8. The largest absolute Gasteiger partial charge is 0.493 e. The van der Waals surface area contributed by atoms with E-state index in [9.17, 15) is 19.1 Å². The molecule has 0 radical (unpaired) electrons. The number of fused-ring (bicyclic) bond motifs is 1. The van der Waals surface area contributed by atoms with Gasteiger partial charge in [-0.2, -0.15) is 0 Å². The Bertz CT molecular complexity index is 1680. The first-order valence-corrected chi connectivity index (χ1v) is 16.3. The summed E-state index contributed by atoms with van der Waals surface area (Å²) in [6, 6.07) is 17.8. The zero-order chi connectivity index (χ0) is 33.6. The molecule has 3 heterocycles. The minimum absolute atomic E-state index is 0.0483. The SMILES string of the molecule is COCCCn1c(C2CCCN(C(=O)C[C@@H](Cc3ccc(-c4ccnc(O)c4)cc3)NC(=O)OC(C)(C)C)C2)cc2c(F)cccc21. The van der Waals surface area contributed by atoms with Crippen LogP contribution in [0.4, 0.5) is 9.18 Å². The number of aromatic nitrogens is 2. The van der Waals surface area contributed by atoms with Crippen LogP contribution in [-0.2, 0) is 27.2 Å². The molecule has 2 amide bonds. The lowest BCUT2D eigenvalue weighted by Crippen LogP contribution is -2.46. The van der Waals surface area contributed by atoms with Gasteiger partial charge in [-0.3, -0.25) is 4.79 Å². The van der Waals surface area contributed by atoms with Gasteiger partial charge in [0.05, 0.1) is 5.52 Å². The second kappa shape index (κ2) is 15.0. The fourth-order valence-electron chi connectivity index (χ4n) is 6.37. The van der Waals surface area contributed by atoms with Crippen LogP contribution in [0.3, 0.4) is 0 Å². The van der Waals surface area contributed by atoms with Crippen molar-refractivity contribution >= 4 is 22.9 Å². The van der Waals surface area contributed by atoms with Gasteiger partial charge in [0.1, 0.15) is 11.4 Å². The number of nitrogens with zero attached hydrogens (tertiary/aromatic N) is 3. The summed E-state index contributed by atoms with van der Waals surface area (Å²) >= 11 is 0. The summed E-state index contributed by atoms with van der Waals surface area (Å²) in [5.74, 6) is -0.292. The molecule has 0 bridgehead atoms. The number of alkyl carbamates (subject to hydrolysis) is 1. The molecule has 2 atom stereocenters. The average Bonchev–Trinajstić information content (AvgIpc) is 3.40. The Labute approximate surface area is 275 Å². The number of hydrogen-bond donors (Lipinski definition) is 2. The second-order valence-corrected chi connectivity index (χ2v) is 13.3. The standard InChI is InChI=1S/C37H45FN4O5/c1-37(2,3)47-36(45)40-29(20-25-11-13-26(14-12-25)27-15-16-39-34(43)21-27)22-35(44)41-17-6-8-28(24-41)33-23-30-31(38)9-5-10-32(30)42(33)18-7-19-46-4/h5,9-16,21,23,28-29H,6-8,17-20,22,24H2,1-4H3,(H,39,43)(H,40,45)/t28?,29-/m1/s1. The summed E-state index contributed by atoms with van der Waals surface area (Å²) in [6.45, 7) is 7.85. The number of carbonyl (C=O) groups is 2. The summed E-state index contributed by atoms with van der Waals surface area (Å²) in [7, 11) is 1.67. The number of methoxy groups -OCH3 is 1. The minimum atomic E-state index is -0.683. The fourth-order valence-corrected chi connectivity index (χ4v) is 6.37. The topological polar surface area (TPSA) is 106 Å². The van der Waals surface area contributed by atoms with Gasteiger partial charge < -0.3 is 29.4 Å². The van der Waals surface area contributed by atoms with Crippen LogP contribution in [0.15, 0.2) is 66.9 Å².